The summed E-state index contributed by atoms with van der Waals surface area (Å²) >= 11 is 5.25. The molecule has 4 nitrogen and oxygen atoms in total. The Labute approximate surface area is 77.1 Å². The van der Waals surface area contributed by atoms with E-state index >= 15 is 0 Å². The number of nitrogens with one attached hydrogen (secondary N) is 1. The third-order valence-electron chi connectivity index (χ3n) is 1.65. The number of carbonyl (C=O) groups is 1. The maximum Gasteiger partial charge on any atom is 0.417 e. The minimum Gasteiger partial charge on any atom is -0.408 e. The molecule has 0 fully saturated rings. The SMILES string of the molecule is O=C(Cl)c1ccc2oc(=O)[nH]c2c1. The molecule has 0 saturated heterocycles. The van der Waals surface area contributed by atoms with Crippen LogP contribution in [-0.4, -0.2) is 10.2 Å². The van der Waals surface area contributed by atoms with Crippen molar-refractivity contribution in [1.82, 2.24) is 4.98 Å². The van der Waals surface area contributed by atoms with Crippen LogP contribution in [0.1, 0.15) is 10.4 Å². The predicted octanol–water partition coefficient (Wildman–Crippen LogP) is 1.50. The number of aromatic nitrogens is 1. The summed E-state index contributed by atoms with van der Waals surface area (Å²) in [5.74, 6) is -0.547. The van der Waals surface area contributed by atoms with Crippen molar-refractivity contribution >= 4 is 27.9 Å². The molecule has 1 aromatic carbocycles. The Morgan fingerprint density at radius 3 is 2.92 bits per heavy atom. The zero-order chi connectivity index (χ0) is 9.42. The standard InChI is InChI=1S/C8H4ClNO3/c9-7(11)4-1-2-6-5(3-4)10-8(12)13-6/h1-3H,(H,10,12). The maximum atomic E-state index is 10.7. The quantitative estimate of drug-likeness (QED) is 0.705. The topological polar surface area (TPSA) is 63.1 Å². The molecule has 0 radical (unpaired) electrons. The van der Waals surface area contributed by atoms with E-state index in [1.54, 1.807) is 0 Å². The first kappa shape index (κ1) is 8.07. The smallest absolute Gasteiger partial charge is 0.408 e. The number of benzene rings is 1. The van der Waals surface area contributed by atoms with E-state index in [0.717, 1.165) is 0 Å². The average molecular weight is 198 g/mol. The van der Waals surface area contributed by atoms with E-state index < -0.39 is 11.0 Å². The number of rotatable bonds is 1. The first-order chi connectivity index (χ1) is 6.16. The van der Waals surface area contributed by atoms with Crippen LogP contribution in [0.25, 0.3) is 11.1 Å². The summed E-state index contributed by atoms with van der Waals surface area (Å²) in [7, 11) is 0. The number of aromatic amines is 1. The van der Waals surface area contributed by atoms with Gasteiger partial charge >= 0.3 is 5.76 Å². The molecule has 0 unspecified atom stereocenters. The van der Waals surface area contributed by atoms with Crippen LogP contribution in [0, 0.1) is 0 Å². The minimum atomic E-state index is -0.566. The monoisotopic (exact) mass is 197 g/mol. The zero-order valence-electron chi connectivity index (χ0n) is 6.33. The fraction of sp³-hybridized carbons (Fsp3) is 0. The van der Waals surface area contributed by atoms with Gasteiger partial charge < -0.3 is 4.42 Å². The van der Waals surface area contributed by atoms with Gasteiger partial charge in [-0.25, -0.2) is 4.79 Å². The molecule has 1 N–H and O–H groups in total. The van der Waals surface area contributed by atoms with Gasteiger partial charge in [-0.2, -0.15) is 0 Å². The molecule has 66 valence electrons. The number of fused-ring (bicyclic) bond motifs is 1. The van der Waals surface area contributed by atoms with E-state index in [-0.39, 0.29) is 0 Å². The fourth-order valence-electron chi connectivity index (χ4n) is 1.07. The Morgan fingerprint density at radius 1 is 1.46 bits per heavy atom. The zero-order valence-corrected chi connectivity index (χ0v) is 7.09. The lowest BCUT2D eigenvalue weighted by molar-refractivity contribution is 0.108. The lowest BCUT2D eigenvalue weighted by atomic mass is 10.2. The largest absolute Gasteiger partial charge is 0.417 e. The number of H-pyrrole nitrogens is 1. The van der Waals surface area contributed by atoms with Crippen LogP contribution in [0.3, 0.4) is 0 Å². The van der Waals surface area contributed by atoms with Crippen molar-refractivity contribution in [3.63, 3.8) is 0 Å². The van der Waals surface area contributed by atoms with Gasteiger partial charge in [0.05, 0.1) is 5.52 Å². The second-order valence-corrected chi connectivity index (χ2v) is 2.84. The van der Waals surface area contributed by atoms with Gasteiger partial charge in [0, 0.05) is 5.56 Å². The summed E-state index contributed by atoms with van der Waals surface area (Å²) in [4.78, 5) is 23.9. The summed E-state index contributed by atoms with van der Waals surface area (Å²) in [6, 6.07) is 4.48. The van der Waals surface area contributed by atoms with Gasteiger partial charge in [0.25, 0.3) is 5.24 Å². The van der Waals surface area contributed by atoms with Gasteiger partial charge in [0.1, 0.15) is 0 Å². The Balaban J connectivity index is 2.74. The van der Waals surface area contributed by atoms with Crippen molar-refractivity contribution in [2.45, 2.75) is 0 Å². The molecule has 2 aromatic rings. The number of halogens is 1. The van der Waals surface area contributed by atoms with E-state index in [9.17, 15) is 9.59 Å². The minimum absolute atomic E-state index is 0.325. The number of hydrogen-bond donors (Lipinski definition) is 1. The summed E-state index contributed by atoms with van der Waals surface area (Å²) in [5.41, 5.74) is 1.20. The summed E-state index contributed by atoms with van der Waals surface area (Å²) in [5, 5.41) is -0.566. The Morgan fingerprint density at radius 2 is 2.23 bits per heavy atom. The van der Waals surface area contributed by atoms with E-state index in [1.807, 2.05) is 0 Å². The van der Waals surface area contributed by atoms with Crippen molar-refractivity contribution in [3.8, 4) is 0 Å². The highest BCUT2D eigenvalue weighted by Gasteiger charge is 2.05. The summed E-state index contributed by atoms with van der Waals surface area (Å²) in [6.45, 7) is 0. The highest BCUT2D eigenvalue weighted by atomic mass is 35.5. The van der Waals surface area contributed by atoms with E-state index in [0.29, 0.717) is 16.7 Å². The number of hydrogen-bond acceptors (Lipinski definition) is 3. The van der Waals surface area contributed by atoms with E-state index in [1.165, 1.54) is 18.2 Å². The van der Waals surface area contributed by atoms with Crippen LogP contribution < -0.4 is 5.76 Å². The molecule has 0 aliphatic rings. The van der Waals surface area contributed by atoms with Crippen LogP contribution in [-0.2, 0) is 0 Å². The summed E-state index contributed by atoms with van der Waals surface area (Å²) in [6.07, 6.45) is 0. The molecule has 0 bridgehead atoms. The first-order valence-electron chi connectivity index (χ1n) is 3.49. The number of carbonyl (C=O) groups excluding carboxylic acids is 1. The molecule has 0 aliphatic heterocycles. The Hall–Kier alpha value is -1.55. The third kappa shape index (κ3) is 1.36. The highest BCUT2D eigenvalue weighted by molar-refractivity contribution is 6.67. The van der Waals surface area contributed by atoms with Crippen molar-refractivity contribution in [1.29, 1.82) is 0 Å². The van der Waals surface area contributed by atoms with Crippen LogP contribution in [0.5, 0.6) is 0 Å². The molecular weight excluding hydrogens is 194 g/mol. The van der Waals surface area contributed by atoms with Crippen LogP contribution in [0.15, 0.2) is 27.4 Å². The molecule has 0 aliphatic carbocycles. The second-order valence-electron chi connectivity index (χ2n) is 2.50. The average Bonchev–Trinajstić information content (AvgIpc) is 2.42. The van der Waals surface area contributed by atoms with Gasteiger partial charge in [-0.3, -0.25) is 9.78 Å². The third-order valence-corrected chi connectivity index (χ3v) is 1.86. The van der Waals surface area contributed by atoms with Gasteiger partial charge in [-0.15, -0.1) is 0 Å². The first-order valence-corrected chi connectivity index (χ1v) is 3.87. The van der Waals surface area contributed by atoms with E-state index in [2.05, 4.69) is 4.98 Å². The van der Waals surface area contributed by atoms with Crippen molar-refractivity contribution in [2.75, 3.05) is 0 Å². The normalized spacial score (nSPS) is 10.5. The van der Waals surface area contributed by atoms with Crippen LogP contribution >= 0.6 is 11.6 Å². The van der Waals surface area contributed by atoms with Gasteiger partial charge in [-0.1, -0.05) is 0 Å². The van der Waals surface area contributed by atoms with Crippen molar-refractivity contribution in [3.05, 3.63) is 34.3 Å². The molecule has 13 heavy (non-hydrogen) atoms. The summed E-state index contributed by atoms with van der Waals surface area (Å²) < 4.78 is 4.74. The number of oxazole rings is 1. The Kier molecular flexibility index (Phi) is 1.70. The molecular formula is C8H4ClNO3. The molecule has 2 rings (SSSR count). The molecule has 5 heteroatoms. The maximum absolute atomic E-state index is 10.7. The lowest BCUT2D eigenvalue weighted by Gasteiger charge is -1.90. The van der Waals surface area contributed by atoms with Crippen molar-refractivity contribution in [2.24, 2.45) is 0 Å². The molecule has 1 aromatic heterocycles. The van der Waals surface area contributed by atoms with Gasteiger partial charge in [0.2, 0.25) is 0 Å². The van der Waals surface area contributed by atoms with Gasteiger partial charge in [-0.05, 0) is 29.8 Å². The fourth-order valence-corrected chi connectivity index (χ4v) is 1.19. The van der Waals surface area contributed by atoms with E-state index in [4.69, 9.17) is 16.0 Å². The lowest BCUT2D eigenvalue weighted by Crippen LogP contribution is -1.93. The molecule has 0 saturated carbocycles. The van der Waals surface area contributed by atoms with Crippen LogP contribution in [0.4, 0.5) is 0 Å². The molecule has 0 amide bonds. The van der Waals surface area contributed by atoms with Crippen molar-refractivity contribution < 1.29 is 9.21 Å². The van der Waals surface area contributed by atoms with Crippen LogP contribution in [0.2, 0.25) is 0 Å². The predicted molar refractivity (Wildman–Crippen MR) is 47.0 cm³/mol. The molecule has 0 spiro atoms. The molecule has 0 atom stereocenters. The molecule has 1 heterocycles. The Bertz CT molecular complexity index is 525. The second kappa shape index (κ2) is 2.74. The highest BCUT2D eigenvalue weighted by Crippen LogP contribution is 2.13. The van der Waals surface area contributed by atoms with Gasteiger partial charge in [0.15, 0.2) is 5.58 Å².